The fraction of sp³-hybridized carbons (Fsp3) is 0.545. The molecule has 1 aliphatic rings. The van der Waals surface area contributed by atoms with Crippen molar-refractivity contribution in [1.29, 1.82) is 0 Å². The molecule has 1 aromatic heterocycles. The molecule has 1 atom stereocenters. The Kier molecular flexibility index (Phi) is 3.73. The van der Waals surface area contributed by atoms with Gasteiger partial charge in [-0.2, -0.15) is 0 Å². The Labute approximate surface area is 105 Å². The highest BCUT2D eigenvalue weighted by Gasteiger charge is 2.30. The van der Waals surface area contributed by atoms with Crippen LogP contribution in [0.4, 0.5) is 5.82 Å². The zero-order chi connectivity index (χ0) is 13.0. The summed E-state index contributed by atoms with van der Waals surface area (Å²) in [4.78, 5) is 20.0. The molecule has 7 heteroatoms. The van der Waals surface area contributed by atoms with Crippen LogP contribution in [0, 0.1) is 0 Å². The molecule has 0 bridgehead atoms. The van der Waals surface area contributed by atoms with Gasteiger partial charge in [0.15, 0.2) is 5.82 Å². The van der Waals surface area contributed by atoms with Crippen molar-refractivity contribution >= 4 is 11.7 Å². The molecule has 18 heavy (non-hydrogen) atoms. The number of amides is 1. The minimum Gasteiger partial charge on any atom is -0.379 e. The summed E-state index contributed by atoms with van der Waals surface area (Å²) in [6, 6.07) is 0. The molecular formula is C11H17N5O2. The van der Waals surface area contributed by atoms with E-state index in [1.165, 1.54) is 12.4 Å². The van der Waals surface area contributed by atoms with Crippen LogP contribution in [0.25, 0.3) is 0 Å². The zero-order valence-corrected chi connectivity index (χ0v) is 10.3. The lowest BCUT2D eigenvalue weighted by Crippen LogP contribution is -2.51. The summed E-state index contributed by atoms with van der Waals surface area (Å²) in [6.07, 6.45) is 4.68. The first kappa shape index (κ1) is 12.7. The minimum absolute atomic E-state index is 0.234. The first-order valence-electron chi connectivity index (χ1n) is 5.82. The van der Waals surface area contributed by atoms with Crippen LogP contribution in [0.5, 0.6) is 0 Å². The standard InChI is InChI=1S/C11H17N5O2/c1-11(3-2-4-18-7-11)15-10(17)8-5-13-6-9(14-8)16-12/h5-6H,2-4,7,12H2,1H3,(H,14,16)(H,15,17). The van der Waals surface area contributed by atoms with Gasteiger partial charge in [0.2, 0.25) is 0 Å². The van der Waals surface area contributed by atoms with Crippen LogP contribution < -0.4 is 16.6 Å². The fourth-order valence-corrected chi connectivity index (χ4v) is 1.92. The monoisotopic (exact) mass is 251 g/mol. The lowest BCUT2D eigenvalue weighted by molar-refractivity contribution is 0.0271. The molecule has 4 N–H and O–H groups in total. The van der Waals surface area contributed by atoms with Crippen molar-refractivity contribution in [1.82, 2.24) is 15.3 Å². The molecular weight excluding hydrogens is 234 g/mol. The van der Waals surface area contributed by atoms with Gasteiger partial charge < -0.3 is 15.5 Å². The molecule has 1 unspecified atom stereocenters. The van der Waals surface area contributed by atoms with E-state index in [0.717, 1.165) is 19.4 Å². The van der Waals surface area contributed by atoms with E-state index in [1.807, 2.05) is 6.92 Å². The number of nitrogen functional groups attached to an aromatic ring is 1. The summed E-state index contributed by atoms with van der Waals surface area (Å²) in [7, 11) is 0. The van der Waals surface area contributed by atoms with Gasteiger partial charge in [-0.05, 0) is 19.8 Å². The maximum atomic E-state index is 12.0. The molecule has 1 amide bonds. The molecule has 0 aliphatic carbocycles. The van der Waals surface area contributed by atoms with E-state index in [2.05, 4.69) is 20.7 Å². The number of carbonyl (C=O) groups excluding carboxylic acids is 1. The maximum Gasteiger partial charge on any atom is 0.272 e. The predicted molar refractivity (Wildman–Crippen MR) is 65.8 cm³/mol. The van der Waals surface area contributed by atoms with E-state index in [-0.39, 0.29) is 17.1 Å². The maximum absolute atomic E-state index is 12.0. The molecule has 1 saturated heterocycles. The number of hydrogen-bond donors (Lipinski definition) is 3. The second kappa shape index (κ2) is 5.28. The molecule has 2 rings (SSSR count). The lowest BCUT2D eigenvalue weighted by atomic mass is 9.95. The van der Waals surface area contributed by atoms with Crippen molar-refractivity contribution in [2.75, 3.05) is 18.6 Å². The number of carbonyl (C=O) groups is 1. The van der Waals surface area contributed by atoms with Crippen LogP contribution in [-0.2, 0) is 4.74 Å². The van der Waals surface area contributed by atoms with Crippen LogP contribution in [0.2, 0.25) is 0 Å². The number of nitrogens with zero attached hydrogens (tertiary/aromatic N) is 2. The predicted octanol–water partition coefficient (Wildman–Crippen LogP) is 0.0611. The van der Waals surface area contributed by atoms with Gasteiger partial charge in [-0.25, -0.2) is 10.8 Å². The van der Waals surface area contributed by atoms with Crippen molar-refractivity contribution in [2.45, 2.75) is 25.3 Å². The molecule has 0 radical (unpaired) electrons. The van der Waals surface area contributed by atoms with Crippen LogP contribution in [0.1, 0.15) is 30.3 Å². The topological polar surface area (TPSA) is 102 Å². The number of ether oxygens (including phenoxy) is 1. The Balaban J connectivity index is 2.06. The summed E-state index contributed by atoms with van der Waals surface area (Å²) in [6.45, 7) is 3.22. The van der Waals surface area contributed by atoms with Crippen molar-refractivity contribution in [2.24, 2.45) is 5.84 Å². The van der Waals surface area contributed by atoms with Gasteiger partial charge in [0.1, 0.15) is 5.69 Å². The van der Waals surface area contributed by atoms with Gasteiger partial charge in [0, 0.05) is 6.61 Å². The Morgan fingerprint density at radius 2 is 2.39 bits per heavy atom. The van der Waals surface area contributed by atoms with Gasteiger partial charge >= 0.3 is 0 Å². The number of nitrogens with one attached hydrogen (secondary N) is 2. The summed E-state index contributed by atoms with van der Waals surface area (Å²) < 4.78 is 5.38. The summed E-state index contributed by atoms with van der Waals surface area (Å²) in [5.41, 5.74) is 2.25. The van der Waals surface area contributed by atoms with Gasteiger partial charge in [-0.15, -0.1) is 0 Å². The van der Waals surface area contributed by atoms with E-state index in [0.29, 0.717) is 12.4 Å². The number of rotatable bonds is 3. The second-order valence-corrected chi connectivity index (χ2v) is 4.60. The Bertz CT molecular complexity index is 431. The van der Waals surface area contributed by atoms with Crippen molar-refractivity contribution in [3.63, 3.8) is 0 Å². The van der Waals surface area contributed by atoms with Gasteiger partial charge in [-0.1, -0.05) is 0 Å². The average molecular weight is 251 g/mol. The first-order chi connectivity index (χ1) is 8.63. The number of aromatic nitrogens is 2. The van der Waals surface area contributed by atoms with Gasteiger partial charge in [-0.3, -0.25) is 9.78 Å². The van der Waals surface area contributed by atoms with Crippen LogP contribution >= 0.6 is 0 Å². The van der Waals surface area contributed by atoms with Gasteiger partial charge in [0.25, 0.3) is 5.91 Å². The number of anilines is 1. The van der Waals surface area contributed by atoms with E-state index in [9.17, 15) is 4.79 Å². The molecule has 2 heterocycles. The Morgan fingerprint density at radius 1 is 1.56 bits per heavy atom. The van der Waals surface area contributed by atoms with E-state index in [1.54, 1.807) is 0 Å². The Hall–Kier alpha value is -1.73. The van der Waals surface area contributed by atoms with Crippen molar-refractivity contribution in [3.8, 4) is 0 Å². The zero-order valence-electron chi connectivity index (χ0n) is 10.3. The third-order valence-corrected chi connectivity index (χ3v) is 2.87. The van der Waals surface area contributed by atoms with E-state index < -0.39 is 0 Å². The molecule has 98 valence electrons. The quantitative estimate of drug-likeness (QED) is 0.518. The normalized spacial score (nSPS) is 23.4. The molecule has 1 aliphatic heterocycles. The third-order valence-electron chi connectivity index (χ3n) is 2.87. The van der Waals surface area contributed by atoms with Crippen molar-refractivity contribution in [3.05, 3.63) is 18.1 Å². The molecule has 7 nitrogen and oxygen atoms in total. The van der Waals surface area contributed by atoms with Crippen molar-refractivity contribution < 1.29 is 9.53 Å². The summed E-state index contributed by atoms with van der Waals surface area (Å²) >= 11 is 0. The highest BCUT2D eigenvalue weighted by Crippen LogP contribution is 2.18. The minimum atomic E-state index is -0.344. The molecule has 0 spiro atoms. The highest BCUT2D eigenvalue weighted by atomic mass is 16.5. The molecule has 0 aromatic carbocycles. The first-order valence-corrected chi connectivity index (χ1v) is 5.82. The van der Waals surface area contributed by atoms with E-state index >= 15 is 0 Å². The number of hydrazine groups is 1. The number of nitrogens with two attached hydrogens (primary N) is 1. The average Bonchev–Trinajstić information content (AvgIpc) is 2.39. The van der Waals surface area contributed by atoms with E-state index in [4.69, 9.17) is 10.6 Å². The molecule has 1 fully saturated rings. The van der Waals surface area contributed by atoms with Gasteiger partial charge in [0.05, 0.1) is 24.5 Å². The number of hydrogen-bond acceptors (Lipinski definition) is 6. The highest BCUT2D eigenvalue weighted by molar-refractivity contribution is 5.92. The summed E-state index contributed by atoms with van der Waals surface area (Å²) in [5.74, 6) is 5.31. The smallest absolute Gasteiger partial charge is 0.272 e. The summed E-state index contributed by atoms with van der Waals surface area (Å²) in [5, 5.41) is 2.93. The fourth-order valence-electron chi connectivity index (χ4n) is 1.92. The van der Waals surface area contributed by atoms with Crippen LogP contribution in [0.15, 0.2) is 12.4 Å². The SMILES string of the molecule is CC1(NC(=O)c2cncc(NN)n2)CCCOC1. The molecule has 1 aromatic rings. The molecule has 0 saturated carbocycles. The second-order valence-electron chi connectivity index (χ2n) is 4.60. The third kappa shape index (κ3) is 2.93. The van der Waals surface area contributed by atoms with Crippen LogP contribution in [0.3, 0.4) is 0 Å². The Morgan fingerprint density at radius 3 is 3.06 bits per heavy atom. The largest absolute Gasteiger partial charge is 0.379 e. The lowest BCUT2D eigenvalue weighted by Gasteiger charge is -2.34. The van der Waals surface area contributed by atoms with Crippen LogP contribution in [-0.4, -0.2) is 34.6 Å².